The molecule has 0 radical (unpaired) electrons. The first-order valence-electron chi connectivity index (χ1n) is 8.12. The van der Waals surface area contributed by atoms with Crippen LogP contribution in [-0.4, -0.2) is 27.6 Å². The molecule has 3 rings (SSSR count). The molecule has 0 bridgehead atoms. The summed E-state index contributed by atoms with van der Waals surface area (Å²) < 4.78 is 2.01. The van der Waals surface area contributed by atoms with E-state index < -0.39 is 0 Å². The van der Waals surface area contributed by atoms with E-state index in [9.17, 15) is 4.79 Å². The van der Waals surface area contributed by atoms with E-state index in [1.165, 1.54) is 36.6 Å². The van der Waals surface area contributed by atoms with Crippen molar-refractivity contribution in [1.82, 2.24) is 14.7 Å². The first kappa shape index (κ1) is 15.7. The average molecular weight is 312 g/mol. The summed E-state index contributed by atoms with van der Waals surface area (Å²) >= 11 is 0. The Morgan fingerprint density at radius 3 is 2.83 bits per heavy atom. The minimum Gasteiger partial charge on any atom is -0.326 e. The van der Waals surface area contributed by atoms with Gasteiger partial charge < -0.3 is 5.32 Å². The van der Waals surface area contributed by atoms with Crippen LogP contribution in [0.25, 0.3) is 0 Å². The van der Waals surface area contributed by atoms with E-state index in [1.54, 1.807) is 0 Å². The fourth-order valence-electron chi connectivity index (χ4n) is 3.44. The van der Waals surface area contributed by atoms with Crippen molar-refractivity contribution in [3.63, 3.8) is 0 Å². The number of aryl methyl sites for hydroxylation is 1. The number of nitrogens with one attached hydrogen (secondary N) is 1. The molecule has 1 N–H and O–H groups in total. The molecule has 1 unspecified atom stereocenters. The zero-order chi connectivity index (χ0) is 16.4. The van der Waals surface area contributed by atoms with Crippen LogP contribution in [0.5, 0.6) is 0 Å². The largest absolute Gasteiger partial charge is 0.326 e. The zero-order valence-electron chi connectivity index (χ0n) is 14.0. The van der Waals surface area contributed by atoms with Gasteiger partial charge in [-0.3, -0.25) is 14.4 Å². The van der Waals surface area contributed by atoms with Crippen LogP contribution >= 0.6 is 0 Å². The smallest absolute Gasteiger partial charge is 0.221 e. The second-order valence-electron chi connectivity index (χ2n) is 6.37. The molecule has 0 saturated carbocycles. The van der Waals surface area contributed by atoms with Gasteiger partial charge in [0.25, 0.3) is 0 Å². The topological polar surface area (TPSA) is 50.2 Å². The molecule has 1 aliphatic carbocycles. The van der Waals surface area contributed by atoms with Crippen LogP contribution in [0.3, 0.4) is 0 Å². The van der Waals surface area contributed by atoms with E-state index in [0.29, 0.717) is 6.04 Å². The van der Waals surface area contributed by atoms with E-state index in [0.717, 1.165) is 18.7 Å². The standard InChI is InChI=1S/C18H24N4O/c1-13(23)20-15-9-7-14(8-10-15)12-21(2)17-5-4-6-18-16(17)11-19-22(18)3/h7-11,17H,4-6,12H2,1-3H3,(H,20,23). The number of nitrogens with zero attached hydrogens (tertiary/aromatic N) is 3. The van der Waals surface area contributed by atoms with Crippen molar-refractivity contribution in [2.75, 3.05) is 12.4 Å². The van der Waals surface area contributed by atoms with Crippen LogP contribution in [0.4, 0.5) is 5.69 Å². The molecule has 1 aliphatic rings. The minimum atomic E-state index is -0.0406. The van der Waals surface area contributed by atoms with Gasteiger partial charge in [-0.1, -0.05) is 12.1 Å². The summed E-state index contributed by atoms with van der Waals surface area (Å²) in [6, 6.07) is 8.51. The third-order valence-electron chi connectivity index (χ3n) is 4.58. The summed E-state index contributed by atoms with van der Waals surface area (Å²) in [7, 11) is 4.20. The van der Waals surface area contributed by atoms with E-state index in [4.69, 9.17) is 0 Å². The normalized spacial score (nSPS) is 17.1. The summed E-state index contributed by atoms with van der Waals surface area (Å²) in [6.45, 7) is 2.41. The van der Waals surface area contributed by atoms with Crippen molar-refractivity contribution < 1.29 is 4.79 Å². The van der Waals surface area contributed by atoms with Crippen molar-refractivity contribution in [1.29, 1.82) is 0 Å². The highest BCUT2D eigenvalue weighted by Gasteiger charge is 2.26. The van der Waals surface area contributed by atoms with Gasteiger partial charge in [-0.25, -0.2) is 0 Å². The summed E-state index contributed by atoms with van der Waals surface area (Å²) in [6.07, 6.45) is 5.54. The number of aromatic nitrogens is 2. The predicted molar refractivity (Wildman–Crippen MR) is 91.1 cm³/mol. The maximum Gasteiger partial charge on any atom is 0.221 e. The quantitative estimate of drug-likeness (QED) is 0.944. The Labute approximate surface area is 137 Å². The van der Waals surface area contributed by atoms with Gasteiger partial charge in [0.05, 0.1) is 6.20 Å². The van der Waals surface area contributed by atoms with Gasteiger partial charge >= 0.3 is 0 Å². The molecule has 1 atom stereocenters. The Balaban J connectivity index is 1.70. The maximum atomic E-state index is 11.1. The summed E-state index contributed by atoms with van der Waals surface area (Å²) in [5.41, 5.74) is 4.83. The fraction of sp³-hybridized carbons (Fsp3) is 0.444. The molecule has 1 amide bonds. The van der Waals surface area contributed by atoms with Gasteiger partial charge in [0.2, 0.25) is 5.91 Å². The van der Waals surface area contributed by atoms with Crippen LogP contribution < -0.4 is 5.32 Å². The number of anilines is 1. The van der Waals surface area contributed by atoms with Gasteiger partial charge in [0.1, 0.15) is 0 Å². The van der Waals surface area contributed by atoms with Crippen LogP contribution in [0.2, 0.25) is 0 Å². The summed E-state index contributed by atoms with van der Waals surface area (Å²) in [4.78, 5) is 13.5. The van der Waals surface area contributed by atoms with Crippen molar-refractivity contribution in [3.8, 4) is 0 Å². The first-order chi connectivity index (χ1) is 11.0. The van der Waals surface area contributed by atoms with Gasteiger partial charge in [0, 0.05) is 43.5 Å². The number of carbonyl (C=O) groups is 1. The predicted octanol–water partition coefficient (Wildman–Crippen LogP) is 2.89. The number of benzene rings is 1. The number of carbonyl (C=O) groups excluding carboxylic acids is 1. The van der Waals surface area contributed by atoms with Crippen molar-refractivity contribution in [2.24, 2.45) is 7.05 Å². The third kappa shape index (κ3) is 3.45. The van der Waals surface area contributed by atoms with Gasteiger partial charge in [-0.05, 0) is 44.0 Å². The molecule has 0 spiro atoms. The lowest BCUT2D eigenvalue weighted by atomic mass is 9.92. The highest BCUT2D eigenvalue weighted by molar-refractivity contribution is 5.88. The third-order valence-corrected chi connectivity index (χ3v) is 4.58. The Morgan fingerprint density at radius 1 is 1.39 bits per heavy atom. The number of fused-ring (bicyclic) bond motifs is 1. The van der Waals surface area contributed by atoms with Gasteiger partial charge in [0.15, 0.2) is 0 Å². The van der Waals surface area contributed by atoms with Crippen molar-refractivity contribution in [3.05, 3.63) is 47.3 Å². The molecule has 0 saturated heterocycles. The highest BCUT2D eigenvalue weighted by Crippen LogP contribution is 2.33. The summed E-state index contributed by atoms with van der Waals surface area (Å²) in [5, 5.41) is 7.23. The van der Waals surface area contributed by atoms with Crippen molar-refractivity contribution in [2.45, 2.75) is 38.8 Å². The molecule has 1 aromatic carbocycles. The number of hydrogen-bond acceptors (Lipinski definition) is 3. The van der Waals surface area contributed by atoms with Crippen LogP contribution in [0, 0.1) is 0 Å². The molecule has 1 aromatic heterocycles. The summed E-state index contributed by atoms with van der Waals surface area (Å²) in [5.74, 6) is -0.0406. The van der Waals surface area contributed by atoms with Crippen LogP contribution in [0.1, 0.15) is 42.6 Å². The van der Waals surface area contributed by atoms with Gasteiger partial charge in [-0.2, -0.15) is 5.10 Å². The Bertz CT molecular complexity index is 690. The lowest BCUT2D eigenvalue weighted by Crippen LogP contribution is -2.27. The van der Waals surface area contributed by atoms with E-state index in [-0.39, 0.29) is 5.91 Å². The molecule has 2 aromatic rings. The Kier molecular flexibility index (Phi) is 4.48. The second kappa shape index (κ2) is 6.54. The molecule has 122 valence electrons. The van der Waals surface area contributed by atoms with E-state index in [2.05, 4.69) is 34.5 Å². The number of rotatable bonds is 4. The monoisotopic (exact) mass is 312 g/mol. The highest BCUT2D eigenvalue weighted by atomic mass is 16.1. The fourth-order valence-corrected chi connectivity index (χ4v) is 3.44. The molecule has 0 aliphatic heterocycles. The van der Waals surface area contributed by atoms with E-state index >= 15 is 0 Å². The van der Waals surface area contributed by atoms with E-state index in [1.807, 2.05) is 30.1 Å². The lowest BCUT2D eigenvalue weighted by Gasteiger charge is -2.31. The maximum absolute atomic E-state index is 11.1. The van der Waals surface area contributed by atoms with Crippen LogP contribution in [0.15, 0.2) is 30.5 Å². The Hall–Kier alpha value is -2.14. The zero-order valence-corrected chi connectivity index (χ0v) is 14.0. The average Bonchev–Trinajstić information content (AvgIpc) is 2.90. The van der Waals surface area contributed by atoms with Crippen LogP contribution in [-0.2, 0) is 24.8 Å². The molecule has 5 nitrogen and oxygen atoms in total. The van der Waals surface area contributed by atoms with Crippen molar-refractivity contribution >= 4 is 11.6 Å². The minimum absolute atomic E-state index is 0.0406. The molecule has 1 heterocycles. The Morgan fingerprint density at radius 2 is 2.13 bits per heavy atom. The number of hydrogen-bond donors (Lipinski definition) is 1. The molecular weight excluding hydrogens is 288 g/mol. The van der Waals surface area contributed by atoms with Gasteiger partial charge in [-0.15, -0.1) is 0 Å². The SMILES string of the molecule is CC(=O)Nc1ccc(CN(C)C2CCCc3c2cnn3C)cc1. The molecule has 23 heavy (non-hydrogen) atoms. The molecule has 0 fully saturated rings. The first-order valence-corrected chi connectivity index (χ1v) is 8.12. The second-order valence-corrected chi connectivity index (χ2v) is 6.37. The molecule has 5 heteroatoms. The number of amides is 1. The lowest BCUT2D eigenvalue weighted by molar-refractivity contribution is -0.114. The molecular formula is C18H24N4O.